The van der Waals surface area contributed by atoms with Gasteiger partial charge in [-0.3, -0.25) is 9.59 Å². The van der Waals surface area contributed by atoms with E-state index in [0.717, 1.165) is 57.8 Å². The molecule has 0 radical (unpaired) electrons. The third-order valence-corrected chi connectivity index (χ3v) is 16.2. The molecular weight excluding hydrogens is 1000 g/mol. The zero-order valence-corrected chi connectivity index (χ0v) is 52.1. The molecule has 11 nitrogen and oxygen atoms in total. The van der Waals surface area contributed by atoms with Crippen molar-refractivity contribution in [2.45, 2.75) is 371 Å². The Hall–Kier alpha value is -2.12. The first-order chi connectivity index (χ1) is 39.2. The van der Waals surface area contributed by atoms with Crippen LogP contribution in [0.25, 0.3) is 0 Å². The molecule has 1 rings (SSSR count). The highest BCUT2D eigenvalue weighted by Crippen LogP contribution is 2.23. The van der Waals surface area contributed by atoms with Gasteiger partial charge in [0.05, 0.1) is 32.0 Å². The number of hydrogen-bond donors (Lipinski definition) is 6. The quantitative estimate of drug-likeness (QED) is 0.0195. The monoisotopic (exact) mass is 1130 g/mol. The number of carbonyl (C=O) groups excluding carboxylic acids is 2. The summed E-state index contributed by atoms with van der Waals surface area (Å²) in [5, 5.41) is 54.3. The first-order valence-electron chi connectivity index (χ1n) is 34.3. The van der Waals surface area contributed by atoms with Crippen LogP contribution in [-0.4, -0.2) is 100 Å². The number of aliphatic hydroxyl groups excluding tert-OH is 5. The van der Waals surface area contributed by atoms with Gasteiger partial charge in [0.1, 0.15) is 24.4 Å². The number of esters is 1. The molecule has 7 atom stereocenters. The van der Waals surface area contributed by atoms with Crippen LogP contribution in [0.4, 0.5) is 0 Å². The fourth-order valence-electron chi connectivity index (χ4n) is 10.8. The van der Waals surface area contributed by atoms with Gasteiger partial charge >= 0.3 is 5.97 Å². The molecule has 11 heteroatoms. The van der Waals surface area contributed by atoms with E-state index in [-0.39, 0.29) is 18.5 Å². The molecule has 0 aromatic rings. The van der Waals surface area contributed by atoms with Crippen LogP contribution >= 0.6 is 0 Å². The lowest BCUT2D eigenvalue weighted by molar-refractivity contribution is -0.302. The van der Waals surface area contributed by atoms with Crippen molar-refractivity contribution in [2.75, 3.05) is 19.8 Å². The van der Waals surface area contributed by atoms with Gasteiger partial charge in [-0.05, 0) is 70.6 Å². The molecule has 1 aliphatic heterocycles. The van der Waals surface area contributed by atoms with Crippen LogP contribution in [0, 0.1) is 0 Å². The summed E-state index contributed by atoms with van der Waals surface area (Å²) in [5.74, 6) is -0.182. The van der Waals surface area contributed by atoms with E-state index in [1.807, 2.05) is 6.08 Å². The van der Waals surface area contributed by atoms with Crippen LogP contribution in [0.15, 0.2) is 36.5 Å². The second-order valence-corrected chi connectivity index (χ2v) is 23.9. The van der Waals surface area contributed by atoms with Crippen LogP contribution in [-0.2, 0) is 23.8 Å². The van der Waals surface area contributed by atoms with Gasteiger partial charge in [-0.15, -0.1) is 0 Å². The molecule has 0 aliphatic carbocycles. The van der Waals surface area contributed by atoms with Crippen LogP contribution in [0.5, 0.6) is 0 Å². The number of amides is 1. The van der Waals surface area contributed by atoms with E-state index < -0.39 is 49.5 Å². The van der Waals surface area contributed by atoms with Gasteiger partial charge < -0.3 is 45.1 Å². The molecule has 0 bridgehead atoms. The molecular formula is C69H129NO10. The van der Waals surface area contributed by atoms with E-state index >= 15 is 0 Å². The van der Waals surface area contributed by atoms with Crippen molar-refractivity contribution in [2.24, 2.45) is 0 Å². The number of unbranched alkanes of at least 4 members (excludes halogenated alkanes) is 42. The van der Waals surface area contributed by atoms with Crippen LogP contribution < -0.4 is 5.32 Å². The summed E-state index contributed by atoms with van der Waals surface area (Å²) < 4.78 is 16.7. The van der Waals surface area contributed by atoms with Crippen LogP contribution in [0.2, 0.25) is 0 Å². The van der Waals surface area contributed by atoms with Crippen molar-refractivity contribution in [3.63, 3.8) is 0 Å². The summed E-state index contributed by atoms with van der Waals surface area (Å²) in [6.07, 6.45) is 64.3. The Kier molecular flexibility index (Phi) is 55.6. The zero-order valence-electron chi connectivity index (χ0n) is 52.1. The number of aliphatic hydroxyl groups is 5. The van der Waals surface area contributed by atoms with E-state index in [4.69, 9.17) is 14.2 Å². The summed E-state index contributed by atoms with van der Waals surface area (Å²) >= 11 is 0. The number of rotatable bonds is 60. The minimum Gasteiger partial charge on any atom is -0.466 e. The predicted octanol–water partition coefficient (Wildman–Crippen LogP) is 17.0. The highest BCUT2D eigenvalue weighted by molar-refractivity contribution is 5.76. The van der Waals surface area contributed by atoms with Crippen molar-refractivity contribution in [1.29, 1.82) is 0 Å². The zero-order chi connectivity index (χ0) is 58.0. The lowest BCUT2D eigenvalue weighted by Crippen LogP contribution is -2.60. The van der Waals surface area contributed by atoms with Crippen molar-refractivity contribution in [3.05, 3.63) is 36.5 Å². The largest absolute Gasteiger partial charge is 0.466 e. The fraction of sp³-hybridized carbons (Fsp3) is 0.884. The van der Waals surface area contributed by atoms with Crippen LogP contribution in [0.1, 0.15) is 328 Å². The Balaban J connectivity index is 1.96. The Morgan fingerprint density at radius 2 is 0.812 bits per heavy atom. The predicted molar refractivity (Wildman–Crippen MR) is 334 cm³/mol. The molecule has 0 aromatic heterocycles. The standard InChI is InChI=1S/C69H129NO10/c1-3-5-7-9-11-13-35-39-43-47-51-55-62(72)61(60-79-69-68(77)67(76)66(75)63(59-71)80-69)70-64(73)56-52-48-44-40-37-33-31-29-27-25-23-21-19-17-15-16-18-20-22-24-26-28-30-32-34-38-42-46-50-54-58-78-65(74)57-53-49-45-41-36-14-12-10-8-6-4-2/h16,18,35,39,51,55,61-63,66-69,71-72,75-77H,3-15,17,19-34,36-38,40-50,52-54,56-60H2,1-2H3,(H,70,73)/b18-16-,39-35+,55-51+. The second-order valence-electron chi connectivity index (χ2n) is 23.9. The number of allylic oxidation sites excluding steroid dienone is 5. The van der Waals surface area contributed by atoms with E-state index in [9.17, 15) is 35.1 Å². The average molecular weight is 1130 g/mol. The molecule has 7 unspecified atom stereocenters. The molecule has 0 aromatic carbocycles. The maximum atomic E-state index is 13.0. The summed E-state index contributed by atoms with van der Waals surface area (Å²) in [6.45, 7) is 4.33. The summed E-state index contributed by atoms with van der Waals surface area (Å²) in [5.41, 5.74) is 0. The molecule has 1 amide bonds. The van der Waals surface area contributed by atoms with Crippen molar-refractivity contribution in [3.8, 4) is 0 Å². The van der Waals surface area contributed by atoms with Gasteiger partial charge in [0, 0.05) is 12.8 Å². The summed E-state index contributed by atoms with van der Waals surface area (Å²) in [4.78, 5) is 25.0. The van der Waals surface area contributed by atoms with Crippen molar-refractivity contribution >= 4 is 11.9 Å². The molecule has 6 N–H and O–H groups in total. The fourth-order valence-corrected chi connectivity index (χ4v) is 10.8. The summed E-state index contributed by atoms with van der Waals surface area (Å²) in [7, 11) is 0. The minimum atomic E-state index is -1.58. The molecule has 80 heavy (non-hydrogen) atoms. The first-order valence-corrected chi connectivity index (χ1v) is 34.3. The van der Waals surface area contributed by atoms with Gasteiger partial charge in [-0.2, -0.15) is 0 Å². The van der Waals surface area contributed by atoms with Gasteiger partial charge in [-0.25, -0.2) is 0 Å². The third-order valence-electron chi connectivity index (χ3n) is 16.2. The van der Waals surface area contributed by atoms with Gasteiger partial charge in [-0.1, -0.05) is 281 Å². The molecule has 0 saturated carbocycles. The minimum absolute atomic E-state index is 0.00836. The van der Waals surface area contributed by atoms with E-state index in [1.54, 1.807) is 6.08 Å². The maximum Gasteiger partial charge on any atom is 0.305 e. The van der Waals surface area contributed by atoms with Gasteiger partial charge in [0.15, 0.2) is 6.29 Å². The Morgan fingerprint density at radius 1 is 0.450 bits per heavy atom. The van der Waals surface area contributed by atoms with Gasteiger partial charge in [0.2, 0.25) is 5.91 Å². The summed E-state index contributed by atoms with van der Waals surface area (Å²) in [6, 6.07) is -0.826. The molecule has 1 heterocycles. The highest BCUT2D eigenvalue weighted by Gasteiger charge is 2.44. The van der Waals surface area contributed by atoms with E-state index in [2.05, 4.69) is 43.5 Å². The number of ether oxygens (including phenoxy) is 3. The van der Waals surface area contributed by atoms with Crippen LogP contribution in [0.3, 0.4) is 0 Å². The Labute approximate surface area is 492 Å². The molecule has 470 valence electrons. The lowest BCUT2D eigenvalue weighted by Gasteiger charge is -2.40. The Morgan fingerprint density at radius 3 is 1.24 bits per heavy atom. The molecule has 1 fully saturated rings. The number of carbonyl (C=O) groups is 2. The third kappa shape index (κ3) is 47.3. The topological polar surface area (TPSA) is 175 Å². The molecule has 1 aliphatic rings. The normalized spacial score (nSPS) is 18.5. The van der Waals surface area contributed by atoms with E-state index in [0.29, 0.717) is 19.4 Å². The number of nitrogens with one attached hydrogen (secondary N) is 1. The second kappa shape index (κ2) is 58.6. The number of hydrogen-bond acceptors (Lipinski definition) is 10. The lowest BCUT2D eigenvalue weighted by atomic mass is 9.99. The molecule has 1 saturated heterocycles. The van der Waals surface area contributed by atoms with Crippen molar-refractivity contribution < 1.29 is 49.3 Å². The average Bonchev–Trinajstić information content (AvgIpc) is 3.45. The first kappa shape index (κ1) is 75.9. The van der Waals surface area contributed by atoms with E-state index in [1.165, 1.54) is 244 Å². The SMILES string of the molecule is CCCCCCC/C=C/CC/C=C/C(O)C(COC1OC(CO)C(O)C(O)C1O)NC(=O)CCCCCCCCCCCCCCCC/C=C\CCCCCCCCCCCCCCOC(=O)CCCCCCCCCCCCC. The Bertz CT molecular complexity index is 1420. The molecule has 0 spiro atoms. The smallest absolute Gasteiger partial charge is 0.305 e. The highest BCUT2D eigenvalue weighted by atomic mass is 16.7. The van der Waals surface area contributed by atoms with Gasteiger partial charge in [0.25, 0.3) is 0 Å². The van der Waals surface area contributed by atoms with Crippen molar-refractivity contribution in [1.82, 2.24) is 5.32 Å². The maximum absolute atomic E-state index is 13.0.